The summed E-state index contributed by atoms with van der Waals surface area (Å²) in [7, 11) is 4.32. The predicted octanol–water partition coefficient (Wildman–Crippen LogP) is 3.34. The van der Waals surface area contributed by atoms with E-state index in [0.717, 1.165) is 11.8 Å². The molecule has 0 atom stereocenters. The van der Waals surface area contributed by atoms with Crippen LogP contribution in [0.4, 0.5) is 0 Å². The molecule has 0 amide bonds. The van der Waals surface area contributed by atoms with Crippen molar-refractivity contribution in [2.24, 2.45) is 0 Å². The van der Waals surface area contributed by atoms with E-state index in [0.29, 0.717) is 0 Å². The number of rotatable bonds is 8. The summed E-state index contributed by atoms with van der Waals surface area (Å²) < 4.78 is 0. The largest absolute Gasteiger partial charge is 0.106 e. The Hall–Kier alpha value is -0.910. The quantitative estimate of drug-likeness (QED) is 0.308. The van der Waals surface area contributed by atoms with Crippen LogP contribution in [-0.2, 0) is 0 Å². The molecule has 0 aromatic carbocycles. The Kier molecular flexibility index (Phi) is 9.51. The molecular formula is C12H18B2. The van der Waals surface area contributed by atoms with Gasteiger partial charge in [-0.1, -0.05) is 75.1 Å². The van der Waals surface area contributed by atoms with Gasteiger partial charge < -0.3 is 0 Å². The number of hydrogen-bond donors (Lipinski definition) is 0. The smallest absolute Gasteiger partial charge is 0.0991 e. The van der Waals surface area contributed by atoms with Crippen molar-refractivity contribution in [1.29, 1.82) is 0 Å². The lowest BCUT2D eigenvalue weighted by atomic mass is 9.34. The topological polar surface area (TPSA) is 0 Å². The molecule has 0 unspecified atom stereocenters. The highest BCUT2D eigenvalue weighted by Crippen LogP contribution is 1.98. The van der Waals surface area contributed by atoms with Gasteiger partial charge in [0.25, 0.3) is 0 Å². The van der Waals surface area contributed by atoms with E-state index in [4.69, 9.17) is 0 Å². The van der Waals surface area contributed by atoms with Crippen LogP contribution >= 0.6 is 0 Å². The zero-order chi connectivity index (χ0) is 10.6. The SMILES string of the molecule is C=C/C=C\C([B][B]CCCC)=C/C=C. The minimum atomic E-state index is 1.15. The van der Waals surface area contributed by atoms with Crippen molar-refractivity contribution in [3.63, 3.8) is 0 Å². The Morgan fingerprint density at radius 3 is 2.64 bits per heavy atom. The third kappa shape index (κ3) is 7.72. The van der Waals surface area contributed by atoms with Gasteiger partial charge in [0.05, 0.1) is 7.17 Å². The summed E-state index contributed by atoms with van der Waals surface area (Å²) in [6.07, 6.45) is 13.2. The van der Waals surface area contributed by atoms with Crippen LogP contribution in [0.5, 0.6) is 0 Å². The van der Waals surface area contributed by atoms with Crippen LogP contribution in [0.2, 0.25) is 6.32 Å². The van der Waals surface area contributed by atoms with E-state index in [1.165, 1.54) is 12.8 Å². The fourth-order valence-corrected chi connectivity index (χ4v) is 1.02. The third-order valence-corrected chi connectivity index (χ3v) is 1.77. The van der Waals surface area contributed by atoms with Crippen LogP contribution < -0.4 is 0 Å². The fourth-order valence-electron chi connectivity index (χ4n) is 1.02. The van der Waals surface area contributed by atoms with Crippen LogP contribution in [-0.4, -0.2) is 14.3 Å². The summed E-state index contributed by atoms with van der Waals surface area (Å²) in [5.74, 6) is 0. The molecule has 0 aromatic rings. The van der Waals surface area contributed by atoms with Crippen molar-refractivity contribution in [3.8, 4) is 0 Å². The van der Waals surface area contributed by atoms with Gasteiger partial charge >= 0.3 is 0 Å². The zero-order valence-electron chi connectivity index (χ0n) is 9.08. The molecule has 0 fully saturated rings. The third-order valence-electron chi connectivity index (χ3n) is 1.77. The second-order valence-corrected chi connectivity index (χ2v) is 3.04. The summed E-state index contributed by atoms with van der Waals surface area (Å²) in [5.41, 5.74) is 1.16. The van der Waals surface area contributed by atoms with Crippen LogP contribution in [0.1, 0.15) is 19.8 Å². The molecule has 2 radical (unpaired) electrons. The molecule has 14 heavy (non-hydrogen) atoms. The van der Waals surface area contributed by atoms with Gasteiger partial charge in [0.15, 0.2) is 0 Å². The molecule has 0 bridgehead atoms. The molecule has 0 aromatic heterocycles. The first kappa shape index (κ1) is 13.1. The average Bonchev–Trinajstić information content (AvgIpc) is 2.20. The summed E-state index contributed by atoms with van der Waals surface area (Å²) >= 11 is 0. The Morgan fingerprint density at radius 1 is 1.29 bits per heavy atom. The van der Waals surface area contributed by atoms with Gasteiger partial charge in [0, 0.05) is 0 Å². The lowest BCUT2D eigenvalue weighted by Gasteiger charge is -1.98. The van der Waals surface area contributed by atoms with Gasteiger partial charge in [-0.2, -0.15) is 0 Å². The lowest BCUT2D eigenvalue weighted by molar-refractivity contribution is 0.882. The summed E-state index contributed by atoms with van der Waals surface area (Å²) in [6.45, 7) is 9.52. The highest BCUT2D eigenvalue weighted by molar-refractivity contribution is 7.04. The molecule has 0 spiro atoms. The second-order valence-electron chi connectivity index (χ2n) is 3.04. The molecular weight excluding hydrogens is 166 g/mol. The minimum Gasteiger partial charge on any atom is -0.0991 e. The van der Waals surface area contributed by atoms with Gasteiger partial charge in [0.1, 0.15) is 7.17 Å². The molecule has 0 saturated heterocycles. The number of hydrogen-bond acceptors (Lipinski definition) is 0. The molecule has 0 N–H and O–H groups in total. The molecule has 0 rings (SSSR count). The number of unbranched alkanes of at least 4 members (excludes halogenated alkanes) is 1. The van der Waals surface area contributed by atoms with Gasteiger partial charge in [-0.3, -0.25) is 0 Å². The Labute approximate surface area is 90.0 Å². The maximum atomic E-state index is 3.68. The zero-order valence-corrected chi connectivity index (χ0v) is 9.08. The Bertz CT molecular complexity index is 214. The summed E-state index contributed by atoms with van der Waals surface area (Å²) in [5, 5.41) is 0. The van der Waals surface area contributed by atoms with Crippen molar-refractivity contribution in [3.05, 3.63) is 49.0 Å². The van der Waals surface area contributed by atoms with E-state index in [1.807, 2.05) is 18.2 Å². The maximum Gasteiger partial charge on any atom is 0.106 e. The molecule has 0 aliphatic heterocycles. The van der Waals surface area contributed by atoms with E-state index >= 15 is 0 Å². The average molecular weight is 184 g/mol. The lowest BCUT2D eigenvalue weighted by Crippen LogP contribution is -2.05. The molecule has 0 nitrogen and oxygen atoms in total. The van der Waals surface area contributed by atoms with Crippen molar-refractivity contribution in [1.82, 2.24) is 0 Å². The molecule has 0 saturated carbocycles. The predicted molar refractivity (Wildman–Crippen MR) is 68.8 cm³/mol. The molecule has 0 aliphatic carbocycles. The highest BCUT2D eigenvalue weighted by Gasteiger charge is 1.95. The highest BCUT2D eigenvalue weighted by atomic mass is 13.8. The van der Waals surface area contributed by atoms with E-state index in [2.05, 4.69) is 34.4 Å². The molecule has 0 aliphatic rings. The summed E-state index contributed by atoms with van der Waals surface area (Å²) in [6, 6.07) is 0. The molecule has 2 heteroatoms. The first-order valence-corrected chi connectivity index (χ1v) is 5.13. The van der Waals surface area contributed by atoms with E-state index in [1.54, 1.807) is 12.2 Å². The van der Waals surface area contributed by atoms with Crippen molar-refractivity contribution < 1.29 is 0 Å². The van der Waals surface area contributed by atoms with E-state index in [9.17, 15) is 0 Å². The van der Waals surface area contributed by atoms with Crippen LogP contribution in [0.15, 0.2) is 49.0 Å². The van der Waals surface area contributed by atoms with E-state index < -0.39 is 0 Å². The Balaban J connectivity index is 3.85. The van der Waals surface area contributed by atoms with Crippen molar-refractivity contribution in [2.75, 3.05) is 0 Å². The van der Waals surface area contributed by atoms with Crippen molar-refractivity contribution >= 4 is 14.3 Å². The van der Waals surface area contributed by atoms with Crippen LogP contribution in [0.3, 0.4) is 0 Å². The van der Waals surface area contributed by atoms with Gasteiger partial charge in [-0.15, -0.1) is 0 Å². The standard InChI is InChI=1S/C12H18B2/c1-4-7-10-12(9-6-3)14-13-11-8-5-2/h4,6-7,9-10H,1,3,5,8,11H2,2H3/b10-7-,12-9+. The fraction of sp³-hybridized carbons (Fsp3) is 0.333. The maximum absolute atomic E-state index is 3.68. The van der Waals surface area contributed by atoms with Crippen LogP contribution in [0, 0.1) is 0 Å². The second kappa shape index (κ2) is 10.2. The van der Waals surface area contributed by atoms with Gasteiger partial charge in [0.2, 0.25) is 0 Å². The summed E-state index contributed by atoms with van der Waals surface area (Å²) in [4.78, 5) is 0. The molecule has 0 heterocycles. The first-order chi connectivity index (χ1) is 6.85. The first-order valence-electron chi connectivity index (χ1n) is 5.13. The minimum absolute atomic E-state index is 1.15. The van der Waals surface area contributed by atoms with Crippen LogP contribution in [0.25, 0.3) is 0 Å². The number of allylic oxidation sites excluding steroid dienone is 6. The van der Waals surface area contributed by atoms with Gasteiger partial charge in [-0.25, -0.2) is 0 Å². The Morgan fingerprint density at radius 2 is 2.07 bits per heavy atom. The van der Waals surface area contributed by atoms with Crippen molar-refractivity contribution in [2.45, 2.75) is 26.1 Å². The monoisotopic (exact) mass is 184 g/mol. The normalized spacial score (nSPS) is 11.4. The van der Waals surface area contributed by atoms with Gasteiger partial charge in [-0.05, 0) is 0 Å². The van der Waals surface area contributed by atoms with E-state index in [-0.39, 0.29) is 0 Å². The molecule has 72 valence electrons.